The van der Waals surface area contributed by atoms with Gasteiger partial charge in [0.1, 0.15) is 0 Å². The Morgan fingerprint density at radius 2 is 2.11 bits per heavy atom. The van der Waals surface area contributed by atoms with Gasteiger partial charge in [-0.25, -0.2) is 0 Å². The van der Waals surface area contributed by atoms with Crippen molar-refractivity contribution in [2.45, 2.75) is 39.3 Å². The molecular weight excluding hydrogens is 238 g/mol. The first-order valence-corrected chi connectivity index (χ1v) is 7.73. The lowest BCUT2D eigenvalue weighted by Crippen LogP contribution is -2.49. The lowest BCUT2D eigenvalue weighted by Gasteiger charge is -2.33. The molecule has 1 heterocycles. The molecule has 0 aliphatic carbocycles. The van der Waals surface area contributed by atoms with E-state index in [4.69, 9.17) is 4.74 Å². The predicted molar refractivity (Wildman–Crippen MR) is 81.7 cm³/mol. The minimum absolute atomic E-state index is 0.352. The smallest absolute Gasteiger partial charge is 0.0826 e. The third-order valence-electron chi connectivity index (χ3n) is 3.65. The van der Waals surface area contributed by atoms with Crippen molar-refractivity contribution < 1.29 is 4.74 Å². The van der Waals surface area contributed by atoms with Gasteiger partial charge in [-0.05, 0) is 33.0 Å². The number of nitrogens with one attached hydrogen (secondary N) is 1. The van der Waals surface area contributed by atoms with Crippen molar-refractivity contribution in [2.75, 3.05) is 53.4 Å². The molecule has 0 saturated carbocycles. The maximum Gasteiger partial charge on any atom is 0.0826 e. The summed E-state index contributed by atoms with van der Waals surface area (Å²) >= 11 is 0. The third kappa shape index (κ3) is 7.25. The second-order valence-electron chi connectivity index (χ2n) is 6.38. The van der Waals surface area contributed by atoms with Crippen LogP contribution in [0.15, 0.2) is 0 Å². The highest BCUT2D eigenvalue weighted by atomic mass is 16.5. The van der Waals surface area contributed by atoms with Gasteiger partial charge in [0.05, 0.1) is 12.7 Å². The van der Waals surface area contributed by atoms with Crippen molar-refractivity contribution in [1.29, 1.82) is 0 Å². The van der Waals surface area contributed by atoms with E-state index < -0.39 is 0 Å². The zero-order chi connectivity index (χ0) is 14.3. The molecule has 0 amide bonds. The van der Waals surface area contributed by atoms with Crippen LogP contribution in [0.4, 0.5) is 0 Å². The van der Waals surface area contributed by atoms with Gasteiger partial charge in [0.2, 0.25) is 0 Å². The first-order valence-electron chi connectivity index (χ1n) is 7.73. The molecule has 1 fully saturated rings. The molecule has 4 nitrogen and oxygen atoms in total. The van der Waals surface area contributed by atoms with Gasteiger partial charge in [-0.3, -0.25) is 4.90 Å². The Hall–Kier alpha value is -0.160. The molecule has 0 aromatic rings. The molecule has 114 valence electrons. The summed E-state index contributed by atoms with van der Waals surface area (Å²) in [6.07, 6.45) is 1.58. The molecular formula is C15H33N3O. The summed E-state index contributed by atoms with van der Waals surface area (Å²) in [5.41, 5.74) is 0. The van der Waals surface area contributed by atoms with E-state index in [0.29, 0.717) is 12.1 Å². The second kappa shape index (κ2) is 8.90. The van der Waals surface area contributed by atoms with Crippen LogP contribution in [-0.2, 0) is 4.74 Å². The van der Waals surface area contributed by atoms with E-state index >= 15 is 0 Å². The zero-order valence-corrected chi connectivity index (χ0v) is 13.5. The molecule has 4 heteroatoms. The van der Waals surface area contributed by atoms with Crippen LogP contribution in [0.5, 0.6) is 0 Å². The average molecular weight is 271 g/mol. The van der Waals surface area contributed by atoms with E-state index in [0.717, 1.165) is 45.2 Å². The minimum atomic E-state index is 0.352. The van der Waals surface area contributed by atoms with Crippen molar-refractivity contribution in [3.63, 3.8) is 0 Å². The first-order chi connectivity index (χ1) is 9.01. The molecule has 2 atom stereocenters. The third-order valence-corrected chi connectivity index (χ3v) is 3.65. The Morgan fingerprint density at radius 1 is 1.37 bits per heavy atom. The normalized spacial score (nSPS) is 23.2. The first kappa shape index (κ1) is 16.9. The topological polar surface area (TPSA) is 27.7 Å². The molecule has 1 aliphatic rings. The fourth-order valence-electron chi connectivity index (χ4n) is 2.72. The van der Waals surface area contributed by atoms with Gasteiger partial charge >= 0.3 is 0 Å². The highest BCUT2D eigenvalue weighted by Crippen LogP contribution is 2.08. The summed E-state index contributed by atoms with van der Waals surface area (Å²) in [6.45, 7) is 13.0. The monoisotopic (exact) mass is 271 g/mol. The van der Waals surface area contributed by atoms with Crippen LogP contribution in [0.1, 0.15) is 27.2 Å². The van der Waals surface area contributed by atoms with Gasteiger partial charge in [-0.2, -0.15) is 0 Å². The maximum atomic E-state index is 5.85. The van der Waals surface area contributed by atoms with Gasteiger partial charge in [-0.15, -0.1) is 0 Å². The number of rotatable bonds is 8. The van der Waals surface area contributed by atoms with Gasteiger partial charge in [-0.1, -0.05) is 20.8 Å². The van der Waals surface area contributed by atoms with E-state index in [2.05, 4.69) is 50.0 Å². The van der Waals surface area contributed by atoms with Crippen LogP contribution in [0.3, 0.4) is 0 Å². The maximum absolute atomic E-state index is 5.85. The van der Waals surface area contributed by atoms with Gasteiger partial charge in [0, 0.05) is 32.2 Å². The zero-order valence-electron chi connectivity index (χ0n) is 13.5. The van der Waals surface area contributed by atoms with E-state index in [1.165, 1.54) is 6.42 Å². The summed E-state index contributed by atoms with van der Waals surface area (Å²) in [6, 6.07) is 0.565. The number of hydrogen-bond acceptors (Lipinski definition) is 4. The van der Waals surface area contributed by atoms with E-state index in [-0.39, 0.29) is 0 Å². The summed E-state index contributed by atoms with van der Waals surface area (Å²) < 4.78 is 5.85. The molecule has 0 aromatic heterocycles. The predicted octanol–water partition coefficient (Wildman–Crippen LogP) is 1.27. The quantitative estimate of drug-likeness (QED) is 0.719. The van der Waals surface area contributed by atoms with Crippen molar-refractivity contribution in [1.82, 2.24) is 15.1 Å². The van der Waals surface area contributed by atoms with Crippen molar-refractivity contribution >= 4 is 0 Å². The molecule has 0 aromatic carbocycles. The standard InChI is InChI=1S/C15H33N3O/c1-6-18-7-8-19-15(12-18)10-16-14(9-13(2)3)11-17(4)5/h13-16H,6-12H2,1-5H3. The molecule has 1 aliphatic heterocycles. The highest BCUT2D eigenvalue weighted by Gasteiger charge is 2.20. The molecule has 19 heavy (non-hydrogen) atoms. The van der Waals surface area contributed by atoms with Gasteiger partial charge < -0.3 is 15.0 Å². The molecule has 1 N–H and O–H groups in total. The van der Waals surface area contributed by atoms with Gasteiger partial charge in [0.15, 0.2) is 0 Å². The lowest BCUT2D eigenvalue weighted by molar-refractivity contribution is -0.0268. The summed E-state index contributed by atoms with van der Waals surface area (Å²) in [7, 11) is 4.29. The van der Waals surface area contributed by atoms with Crippen LogP contribution in [0.2, 0.25) is 0 Å². The largest absolute Gasteiger partial charge is 0.374 e. The van der Waals surface area contributed by atoms with Crippen LogP contribution < -0.4 is 5.32 Å². The molecule has 1 rings (SSSR count). The summed E-state index contributed by atoms with van der Waals surface area (Å²) in [4.78, 5) is 4.74. The van der Waals surface area contributed by atoms with E-state index in [1.54, 1.807) is 0 Å². The van der Waals surface area contributed by atoms with Crippen molar-refractivity contribution in [3.8, 4) is 0 Å². The summed E-state index contributed by atoms with van der Waals surface area (Å²) in [5.74, 6) is 0.733. The average Bonchev–Trinajstić information content (AvgIpc) is 2.35. The van der Waals surface area contributed by atoms with E-state index in [9.17, 15) is 0 Å². The Labute approximate surface area is 119 Å². The minimum Gasteiger partial charge on any atom is -0.374 e. The van der Waals surface area contributed by atoms with E-state index in [1.807, 2.05) is 0 Å². The Bertz CT molecular complexity index is 223. The molecule has 1 saturated heterocycles. The fourth-order valence-corrected chi connectivity index (χ4v) is 2.72. The van der Waals surface area contributed by atoms with Crippen LogP contribution in [0, 0.1) is 5.92 Å². The Morgan fingerprint density at radius 3 is 2.68 bits per heavy atom. The molecule has 2 unspecified atom stereocenters. The molecule has 0 radical (unpaired) electrons. The second-order valence-corrected chi connectivity index (χ2v) is 6.38. The molecule has 0 bridgehead atoms. The molecule has 0 spiro atoms. The number of morpholine rings is 1. The van der Waals surface area contributed by atoms with Crippen LogP contribution >= 0.6 is 0 Å². The number of ether oxygens (including phenoxy) is 1. The Balaban J connectivity index is 2.33. The lowest BCUT2D eigenvalue weighted by atomic mass is 10.0. The summed E-state index contributed by atoms with van der Waals surface area (Å²) in [5, 5.41) is 3.70. The number of hydrogen-bond donors (Lipinski definition) is 1. The fraction of sp³-hybridized carbons (Fsp3) is 1.00. The van der Waals surface area contributed by atoms with Crippen LogP contribution in [-0.4, -0.2) is 75.4 Å². The SMILES string of the molecule is CCN1CCOC(CNC(CC(C)C)CN(C)C)C1. The highest BCUT2D eigenvalue weighted by molar-refractivity contribution is 4.77. The number of nitrogens with zero attached hydrogens (tertiary/aromatic N) is 2. The Kier molecular flexibility index (Phi) is 7.91. The van der Waals surface area contributed by atoms with Crippen molar-refractivity contribution in [3.05, 3.63) is 0 Å². The van der Waals surface area contributed by atoms with Crippen molar-refractivity contribution in [2.24, 2.45) is 5.92 Å². The van der Waals surface area contributed by atoms with Gasteiger partial charge in [0.25, 0.3) is 0 Å². The number of likely N-dealkylation sites (N-methyl/N-ethyl adjacent to an activating group) is 2. The van der Waals surface area contributed by atoms with Crippen LogP contribution in [0.25, 0.3) is 0 Å².